The number of benzene rings is 1. The second kappa shape index (κ2) is 5.31. The Kier molecular flexibility index (Phi) is 3.53. The van der Waals surface area contributed by atoms with E-state index < -0.39 is 0 Å². The number of nitrogens with zero attached hydrogens (tertiary/aromatic N) is 1. The lowest BCUT2D eigenvalue weighted by atomic mass is 9.88. The summed E-state index contributed by atoms with van der Waals surface area (Å²) in [5.41, 5.74) is 8.79. The van der Waals surface area contributed by atoms with Crippen LogP contribution in [0.1, 0.15) is 39.9 Å². The molecule has 1 aromatic heterocycles. The highest BCUT2D eigenvalue weighted by Gasteiger charge is 2.17. The number of thiazole rings is 1. The van der Waals surface area contributed by atoms with Crippen LogP contribution >= 0.6 is 11.3 Å². The summed E-state index contributed by atoms with van der Waals surface area (Å²) < 4.78 is 5.83. The molecule has 3 nitrogen and oxygen atoms in total. The first-order valence-corrected chi connectivity index (χ1v) is 7.46. The van der Waals surface area contributed by atoms with Gasteiger partial charge in [-0.25, -0.2) is 4.98 Å². The predicted octanol–water partition coefficient (Wildman–Crippen LogP) is 3.37. The Morgan fingerprint density at radius 3 is 3.16 bits per heavy atom. The molecule has 100 valence electrons. The molecule has 0 saturated carbocycles. The van der Waals surface area contributed by atoms with Crippen molar-refractivity contribution in [3.63, 3.8) is 0 Å². The van der Waals surface area contributed by atoms with Gasteiger partial charge in [-0.15, -0.1) is 11.3 Å². The van der Waals surface area contributed by atoms with Gasteiger partial charge >= 0.3 is 0 Å². The van der Waals surface area contributed by atoms with Crippen molar-refractivity contribution in [1.82, 2.24) is 4.98 Å². The van der Waals surface area contributed by atoms with E-state index in [0.717, 1.165) is 28.5 Å². The molecule has 2 aromatic rings. The van der Waals surface area contributed by atoms with Crippen LogP contribution < -0.4 is 10.5 Å². The Balaban J connectivity index is 1.73. The highest BCUT2D eigenvalue weighted by molar-refractivity contribution is 7.11. The molecule has 19 heavy (non-hydrogen) atoms. The van der Waals surface area contributed by atoms with Crippen molar-refractivity contribution in [1.29, 1.82) is 0 Å². The number of hydrogen-bond donors (Lipinski definition) is 1. The van der Waals surface area contributed by atoms with Gasteiger partial charge in [-0.1, -0.05) is 6.07 Å². The van der Waals surface area contributed by atoms with Crippen molar-refractivity contribution in [2.45, 2.75) is 38.8 Å². The fraction of sp³-hybridized carbons (Fsp3) is 0.400. The Morgan fingerprint density at radius 1 is 1.47 bits per heavy atom. The third-order valence-corrected chi connectivity index (χ3v) is 4.41. The number of fused-ring (bicyclic) bond motifs is 1. The molecule has 1 aromatic carbocycles. The van der Waals surface area contributed by atoms with Crippen LogP contribution in [0.4, 0.5) is 0 Å². The summed E-state index contributed by atoms with van der Waals surface area (Å²) in [6, 6.07) is 6.47. The van der Waals surface area contributed by atoms with Gasteiger partial charge in [0, 0.05) is 12.2 Å². The molecule has 0 bridgehead atoms. The second-order valence-corrected chi connectivity index (χ2v) is 6.31. The van der Waals surface area contributed by atoms with Crippen LogP contribution in [0.15, 0.2) is 24.4 Å². The van der Waals surface area contributed by atoms with Gasteiger partial charge in [-0.2, -0.15) is 0 Å². The van der Waals surface area contributed by atoms with E-state index in [1.54, 1.807) is 11.3 Å². The molecular weight excluding hydrogens is 256 g/mol. The summed E-state index contributed by atoms with van der Waals surface area (Å²) in [6.07, 6.45) is 5.28. The van der Waals surface area contributed by atoms with Crippen LogP contribution in [0.25, 0.3) is 0 Å². The van der Waals surface area contributed by atoms with Gasteiger partial charge in [-0.3, -0.25) is 0 Å². The zero-order chi connectivity index (χ0) is 13.2. The van der Waals surface area contributed by atoms with E-state index >= 15 is 0 Å². The van der Waals surface area contributed by atoms with Crippen LogP contribution in [0.5, 0.6) is 5.75 Å². The maximum atomic E-state index is 6.16. The average Bonchev–Trinajstić information content (AvgIpc) is 2.83. The van der Waals surface area contributed by atoms with Gasteiger partial charge in [0.2, 0.25) is 0 Å². The molecular formula is C15H18N2OS. The van der Waals surface area contributed by atoms with E-state index in [1.807, 2.05) is 19.2 Å². The van der Waals surface area contributed by atoms with Gasteiger partial charge in [0.1, 0.15) is 12.4 Å². The maximum Gasteiger partial charge on any atom is 0.124 e. The molecule has 1 heterocycles. The van der Waals surface area contributed by atoms with E-state index in [4.69, 9.17) is 10.5 Å². The topological polar surface area (TPSA) is 48.1 Å². The van der Waals surface area contributed by atoms with Crippen LogP contribution in [-0.4, -0.2) is 4.98 Å². The lowest BCUT2D eigenvalue weighted by molar-refractivity contribution is 0.308. The number of nitrogens with two attached hydrogens (primary N) is 1. The first-order valence-electron chi connectivity index (χ1n) is 6.65. The molecule has 0 radical (unpaired) electrons. The van der Waals surface area contributed by atoms with Crippen LogP contribution in [0.3, 0.4) is 0 Å². The van der Waals surface area contributed by atoms with Crippen molar-refractivity contribution in [2.24, 2.45) is 5.73 Å². The lowest BCUT2D eigenvalue weighted by Crippen LogP contribution is -2.17. The van der Waals surface area contributed by atoms with Gasteiger partial charge in [0.15, 0.2) is 0 Å². The summed E-state index contributed by atoms with van der Waals surface area (Å²) in [5, 5.41) is 1.08. The zero-order valence-corrected chi connectivity index (χ0v) is 11.9. The second-order valence-electron chi connectivity index (χ2n) is 4.99. The number of hydrogen-bond acceptors (Lipinski definition) is 4. The standard InChI is InChI=1S/C15H18N2OS/c1-10-17-8-13(19-10)9-18-12-6-5-11-3-2-4-15(16)14(11)7-12/h5-8,15H,2-4,9,16H2,1H3/t15-/m0/s1. The summed E-state index contributed by atoms with van der Waals surface area (Å²) in [6.45, 7) is 2.59. The predicted molar refractivity (Wildman–Crippen MR) is 77.5 cm³/mol. The van der Waals surface area contributed by atoms with Gasteiger partial charge in [-0.05, 0) is 49.4 Å². The van der Waals surface area contributed by atoms with Gasteiger partial charge in [0.25, 0.3) is 0 Å². The maximum absolute atomic E-state index is 6.16. The summed E-state index contributed by atoms with van der Waals surface area (Å²) in [4.78, 5) is 5.38. The van der Waals surface area contributed by atoms with Gasteiger partial charge in [0.05, 0.1) is 9.88 Å². The van der Waals surface area contributed by atoms with Crippen LogP contribution in [-0.2, 0) is 13.0 Å². The molecule has 0 fully saturated rings. The van der Waals surface area contributed by atoms with E-state index in [1.165, 1.54) is 17.5 Å². The molecule has 1 aliphatic carbocycles. The minimum absolute atomic E-state index is 0.165. The summed E-state index contributed by atoms with van der Waals surface area (Å²) in [5.74, 6) is 0.905. The quantitative estimate of drug-likeness (QED) is 0.933. The van der Waals surface area contributed by atoms with Crippen LogP contribution in [0.2, 0.25) is 0 Å². The van der Waals surface area contributed by atoms with Crippen molar-refractivity contribution in [2.75, 3.05) is 0 Å². The minimum atomic E-state index is 0.165. The third kappa shape index (κ3) is 2.80. The Bertz CT molecular complexity index is 579. The molecule has 0 spiro atoms. The highest BCUT2D eigenvalue weighted by Crippen LogP contribution is 2.31. The van der Waals surface area contributed by atoms with Crippen molar-refractivity contribution in [3.8, 4) is 5.75 Å². The largest absolute Gasteiger partial charge is 0.488 e. The fourth-order valence-corrected chi connectivity index (χ4v) is 3.24. The first kappa shape index (κ1) is 12.6. The summed E-state index contributed by atoms with van der Waals surface area (Å²) >= 11 is 1.68. The third-order valence-electron chi connectivity index (χ3n) is 3.53. The monoisotopic (exact) mass is 274 g/mol. The van der Waals surface area contributed by atoms with Crippen molar-refractivity contribution >= 4 is 11.3 Å². The highest BCUT2D eigenvalue weighted by atomic mass is 32.1. The molecule has 3 rings (SSSR count). The molecule has 4 heteroatoms. The molecule has 0 unspecified atom stereocenters. The number of ether oxygens (including phenoxy) is 1. The zero-order valence-electron chi connectivity index (χ0n) is 11.1. The Labute approximate surface area is 117 Å². The smallest absolute Gasteiger partial charge is 0.124 e. The van der Waals surface area contributed by atoms with Crippen LogP contribution in [0, 0.1) is 6.92 Å². The first-order chi connectivity index (χ1) is 9.22. The molecule has 2 N–H and O–H groups in total. The molecule has 1 aliphatic rings. The lowest BCUT2D eigenvalue weighted by Gasteiger charge is -2.22. The molecule has 0 aliphatic heterocycles. The normalized spacial score (nSPS) is 18.1. The molecule has 0 saturated heterocycles. The number of aryl methyl sites for hydroxylation is 2. The number of rotatable bonds is 3. The van der Waals surface area contributed by atoms with Crippen molar-refractivity contribution < 1.29 is 4.74 Å². The Morgan fingerprint density at radius 2 is 2.37 bits per heavy atom. The number of aromatic nitrogens is 1. The minimum Gasteiger partial charge on any atom is -0.488 e. The van der Waals surface area contributed by atoms with E-state index in [-0.39, 0.29) is 6.04 Å². The van der Waals surface area contributed by atoms with E-state index in [0.29, 0.717) is 6.61 Å². The van der Waals surface area contributed by atoms with E-state index in [9.17, 15) is 0 Å². The summed E-state index contributed by atoms with van der Waals surface area (Å²) in [7, 11) is 0. The molecule has 0 amide bonds. The molecule has 1 atom stereocenters. The Hall–Kier alpha value is -1.39. The van der Waals surface area contributed by atoms with Crippen molar-refractivity contribution in [3.05, 3.63) is 45.4 Å². The average molecular weight is 274 g/mol. The van der Waals surface area contributed by atoms with E-state index in [2.05, 4.69) is 17.1 Å². The van der Waals surface area contributed by atoms with Gasteiger partial charge < -0.3 is 10.5 Å². The SMILES string of the molecule is Cc1ncc(COc2ccc3c(c2)[C@@H](N)CCC3)s1. The fourth-order valence-electron chi connectivity index (χ4n) is 2.53.